The lowest BCUT2D eigenvalue weighted by Crippen LogP contribution is -2.08. The molecular weight excluding hydrogens is 328 g/mol. The van der Waals surface area contributed by atoms with Crippen molar-refractivity contribution in [2.24, 2.45) is 5.10 Å². The van der Waals surface area contributed by atoms with Gasteiger partial charge in [0.25, 0.3) is 0 Å². The van der Waals surface area contributed by atoms with Crippen molar-refractivity contribution in [3.05, 3.63) is 65.0 Å². The lowest BCUT2D eigenvalue weighted by molar-refractivity contribution is 1.13. The average molecular weight is 350 g/mol. The molecule has 0 aliphatic carbocycles. The van der Waals surface area contributed by atoms with Crippen LogP contribution in [0.15, 0.2) is 59.0 Å². The van der Waals surface area contributed by atoms with Crippen LogP contribution in [0.25, 0.3) is 11.3 Å². The van der Waals surface area contributed by atoms with Gasteiger partial charge in [-0.25, -0.2) is 4.98 Å². The monoisotopic (exact) mass is 350 g/mol. The van der Waals surface area contributed by atoms with Gasteiger partial charge in [-0.3, -0.25) is 5.43 Å². The van der Waals surface area contributed by atoms with E-state index in [1.807, 2.05) is 31.6 Å². The van der Waals surface area contributed by atoms with Gasteiger partial charge in [0.15, 0.2) is 0 Å². The molecule has 0 unspecified atom stereocenters. The highest BCUT2D eigenvalue weighted by Crippen LogP contribution is 2.25. The summed E-state index contributed by atoms with van der Waals surface area (Å²) in [7, 11) is 4.06. The van der Waals surface area contributed by atoms with E-state index in [1.54, 1.807) is 17.6 Å². The molecule has 3 rings (SSSR count). The van der Waals surface area contributed by atoms with Crippen LogP contribution in [0.4, 0.5) is 10.8 Å². The molecule has 0 aliphatic heterocycles. The summed E-state index contributed by atoms with van der Waals surface area (Å²) in [6.45, 7) is 2.16. The Balaban J connectivity index is 1.62. The quantitative estimate of drug-likeness (QED) is 0.508. The van der Waals surface area contributed by atoms with Crippen molar-refractivity contribution < 1.29 is 0 Å². The maximum Gasteiger partial charge on any atom is 0.203 e. The molecule has 1 N–H and O–H groups in total. The third kappa shape index (κ3) is 4.45. The van der Waals surface area contributed by atoms with Gasteiger partial charge in [0.05, 0.1) is 11.9 Å². The fourth-order valence-electron chi connectivity index (χ4n) is 2.39. The van der Waals surface area contributed by atoms with E-state index in [0.717, 1.165) is 28.4 Å². The molecule has 0 amide bonds. The van der Waals surface area contributed by atoms with Gasteiger partial charge in [0.2, 0.25) is 5.13 Å². The summed E-state index contributed by atoms with van der Waals surface area (Å²) in [5, 5.41) is 7.11. The predicted octanol–water partition coefficient (Wildman–Crippen LogP) is 4.88. The number of nitrogens with zero attached hydrogens (tertiary/aromatic N) is 3. The van der Waals surface area contributed by atoms with Crippen molar-refractivity contribution in [2.45, 2.75) is 13.3 Å². The Kier molecular flexibility index (Phi) is 5.46. The van der Waals surface area contributed by atoms with Gasteiger partial charge < -0.3 is 4.90 Å². The van der Waals surface area contributed by atoms with E-state index in [2.05, 4.69) is 63.7 Å². The number of anilines is 2. The standard InChI is InChI=1S/C20H22N4S/c1-4-15-5-9-17(10-6-15)19-14-25-20(22-19)23-21-13-16-7-11-18(12-8-16)24(2)3/h5-14H,4H2,1-3H3,(H,22,23). The molecule has 25 heavy (non-hydrogen) atoms. The molecule has 0 bridgehead atoms. The predicted molar refractivity (Wildman–Crippen MR) is 109 cm³/mol. The van der Waals surface area contributed by atoms with E-state index in [0.29, 0.717) is 0 Å². The van der Waals surface area contributed by atoms with E-state index >= 15 is 0 Å². The fraction of sp³-hybridized carbons (Fsp3) is 0.200. The molecule has 3 aromatic rings. The van der Waals surface area contributed by atoms with Gasteiger partial charge in [-0.1, -0.05) is 43.3 Å². The average Bonchev–Trinajstić information content (AvgIpc) is 3.11. The molecule has 0 saturated carbocycles. The smallest absolute Gasteiger partial charge is 0.203 e. The SMILES string of the molecule is CCc1ccc(-c2csc(NN=Cc3ccc(N(C)C)cc3)n2)cc1. The Hall–Kier alpha value is -2.66. The van der Waals surface area contributed by atoms with Crippen LogP contribution in [0.3, 0.4) is 0 Å². The molecule has 0 fully saturated rings. The zero-order valence-corrected chi connectivity index (χ0v) is 15.5. The minimum atomic E-state index is 0.788. The van der Waals surface area contributed by atoms with Crippen LogP contribution in [0.1, 0.15) is 18.1 Å². The van der Waals surface area contributed by atoms with Gasteiger partial charge >= 0.3 is 0 Å². The molecule has 4 nitrogen and oxygen atoms in total. The number of aryl methyl sites for hydroxylation is 1. The van der Waals surface area contributed by atoms with Crippen molar-refractivity contribution >= 4 is 28.4 Å². The Morgan fingerprint density at radius 1 is 1.08 bits per heavy atom. The van der Waals surface area contributed by atoms with Crippen LogP contribution in [0.5, 0.6) is 0 Å². The number of hydrogen-bond donors (Lipinski definition) is 1. The first-order valence-corrected chi connectivity index (χ1v) is 9.15. The molecule has 0 atom stereocenters. The first-order chi connectivity index (χ1) is 12.2. The fourth-order valence-corrected chi connectivity index (χ4v) is 3.06. The van der Waals surface area contributed by atoms with Gasteiger partial charge in [-0.15, -0.1) is 11.3 Å². The van der Waals surface area contributed by atoms with Crippen LogP contribution in [-0.2, 0) is 6.42 Å². The Labute approximate surface area is 152 Å². The zero-order valence-electron chi connectivity index (χ0n) is 14.7. The van der Waals surface area contributed by atoms with Crippen LogP contribution >= 0.6 is 11.3 Å². The number of aromatic nitrogens is 1. The summed E-state index contributed by atoms with van der Waals surface area (Å²) < 4.78 is 0. The summed E-state index contributed by atoms with van der Waals surface area (Å²) >= 11 is 1.55. The number of hydrogen-bond acceptors (Lipinski definition) is 5. The number of nitrogens with one attached hydrogen (secondary N) is 1. The van der Waals surface area contributed by atoms with Gasteiger partial charge in [0, 0.05) is 30.7 Å². The highest BCUT2D eigenvalue weighted by molar-refractivity contribution is 7.14. The highest BCUT2D eigenvalue weighted by Gasteiger charge is 2.03. The number of rotatable bonds is 6. The topological polar surface area (TPSA) is 40.5 Å². The normalized spacial score (nSPS) is 11.0. The maximum absolute atomic E-state index is 4.59. The van der Waals surface area contributed by atoms with Crippen LogP contribution in [0.2, 0.25) is 0 Å². The van der Waals surface area contributed by atoms with E-state index in [9.17, 15) is 0 Å². The van der Waals surface area contributed by atoms with Crippen molar-refractivity contribution in [3.8, 4) is 11.3 Å². The van der Waals surface area contributed by atoms with Gasteiger partial charge in [-0.2, -0.15) is 5.10 Å². The Morgan fingerprint density at radius 3 is 2.44 bits per heavy atom. The number of benzene rings is 2. The van der Waals surface area contributed by atoms with Crippen LogP contribution in [0, 0.1) is 0 Å². The molecule has 0 spiro atoms. The van der Waals surface area contributed by atoms with Gasteiger partial charge in [0.1, 0.15) is 0 Å². The number of hydrazone groups is 1. The van der Waals surface area contributed by atoms with E-state index in [4.69, 9.17) is 0 Å². The van der Waals surface area contributed by atoms with Gasteiger partial charge in [-0.05, 0) is 29.7 Å². The molecule has 0 saturated heterocycles. The molecule has 0 aliphatic rings. The summed E-state index contributed by atoms with van der Waals surface area (Å²) in [6, 6.07) is 16.8. The largest absolute Gasteiger partial charge is 0.378 e. The lowest BCUT2D eigenvalue weighted by atomic mass is 10.1. The third-order valence-corrected chi connectivity index (χ3v) is 4.69. The molecule has 1 aromatic heterocycles. The summed E-state index contributed by atoms with van der Waals surface area (Å²) in [4.78, 5) is 6.66. The third-order valence-electron chi connectivity index (χ3n) is 3.95. The first-order valence-electron chi connectivity index (χ1n) is 8.27. The summed E-state index contributed by atoms with van der Waals surface area (Å²) in [5.74, 6) is 0. The number of thiazole rings is 1. The minimum Gasteiger partial charge on any atom is -0.378 e. The molecular formula is C20H22N4S. The van der Waals surface area contributed by atoms with Crippen molar-refractivity contribution in [1.82, 2.24) is 4.98 Å². The van der Waals surface area contributed by atoms with Crippen molar-refractivity contribution in [1.29, 1.82) is 0 Å². The lowest BCUT2D eigenvalue weighted by Gasteiger charge is -2.11. The Morgan fingerprint density at radius 2 is 1.80 bits per heavy atom. The molecule has 128 valence electrons. The van der Waals surface area contributed by atoms with Crippen LogP contribution < -0.4 is 10.3 Å². The Bertz CT molecular complexity index is 833. The molecule has 1 heterocycles. The molecule has 2 aromatic carbocycles. The second-order valence-corrected chi connectivity index (χ2v) is 6.80. The second kappa shape index (κ2) is 7.94. The van der Waals surface area contributed by atoms with E-state index in [1.165, 1.54) is 11.3 Å². The highest BCUT2D eigenvalue weighted by atomic mass is 32.1. The first kappa shape index (κ1) is 17.2. The maximum atomic E-state index is 4.59. The molecule has 0 radical (unpaired) electrons. The zero-order chi connectivity index (χ0) is 17.6. The van der Waals surface area contributed by atoms with E-state index < -0.39 is 0 Å². The minimum absolute atomic E-state index is 0.788. The van der Waals surface area contributed by atoms with Crippen LogP contribution in [-0.4, -0.2) is 25.3 Å². The molecule has 5 heteroatoms. The second-order valence-electron chi connectivity index (χ2n) is 5.94. The summed E-state index contributed by atoms with van der Waals surface area (Å²) in [5.41, 5.74) is 8.66. The summed E-state index contributed by atoms with van der Waals surface area (Å²) in [6.07, 6.45) is 2.85. The van der Waals surface area contributed by atoms with E-state index in [-0.39, 0.29) is 0 Å². The van der Waals surface area contributed by atoms with Crippen molar-refractivity contribution in [3.63, 3.8) is 0 Å². The van der Waals surface area contributed by atoms with Crippen molar-refractivity contribution in [2.75, 3.05) is 24.4 Å².